The van der Waals surface area contributed by atoms with E-state index in [0.29, 0.717) is 11.4 Å². The largest absolute Gasteiger partial charge is 0.417 e. The smallest absolute Gasteiger partial charge is 0.399 e. The van der Waals surface area contributed by atoms with Crippen LogP contribution in [0.15, 0.2) is 42.5 Å². The van der Waals surface area contributed by atoms with Crippen molar-refractivity contribution < 1.29 is 23.4 Å². The van der Waals surface area contributed by atoms with E-state index in [9.17, 15) is 18.3 Å². The Balaban J connectivity index is 2.49. The van der Waals surface area contributed by atoms with Crippen molar-refractivity contribution in [3.05, 3.63) is 48.0 Å². The lowest BCUT2D eigenvalue weighted by Crippen LogP contribution is -2.23. The minimum atomic E-state index is -4.50. The number of aliphatic hydroxyl groups excluding tert-OH is 2. The summed E-state index contributed by atoms with van der Waals surface area (Å²) in [5, 5.41) is 21.1. The number of alkyl halides is 3. The molecule has 0 aromatic heterocycles. The second-order valence-corrected chi connectivity index (χ2v) is 5.07. The van der Waals surface area contributed by atoms with Crippen molar-refractivity contribution >= 4 is 11.4 Å². The van der Waals surface area contributed by atoms with E-state index in [1.807, 2.05) is 0 Å². The van der Waals surface area contributed by atoms with Crippen LogP contribution < -0.4 is 11.1 Å². The van der Waals surface area contributed by atoms with Crippen molar-refractivity contribution in [2.24, 2.45) is 0 Å². The molecule has 4 nitrogen and oxygen atoms in total. The third-order valence-corrected chi connectivity index (χ3v) is 3.31. The molecular formula is C16H17F3N2O2. The van der Waals surface area contributed by atoms with Gasteiger partial charge in [-0.25, -0.2) is 0 Å². The molecule has 124 valence electrons. The molecule has 0 heterocycles. The van der Waals surface area contributed by atoms with Crippen molar-refractivity contribution in [3.8, 4) is 11.1 Å². The fraction of sp³-hybridized carbons (Fsp3) is 0.250. The summed E-state index contributed by atoms with van der Waals surface area (Å²) >= 11 is 0. The van der Waals surface area contributed by atoms with Crippen LogP contribution in [-0.4, -0.2) is 29.5 Å². The van der Waals surface area contributed by atoms with E-state index in [2.05, 4.69) is 5.32 Å². The number of nitrogens with two attached hydrogens (primary N) is 1. The Morgan fingerprint density at radius 3 is 2.43 bits per heavy atom. The summed E-state index contributed by atoms with van der Waals surface area (Å²) in [6.07, 6.45) is -5.51. The molecule has 0 aliphatic heterocycles. The fourth-order valence-electron chi connectivity index (χ4n) is 2.20. The molecule has 2 rings (SSSR count). The van der Waals surface area contributed by atoms with Gasteiger partial charge in [0.05, 0.1) is 18.3 Å². The predicted octanol–water partition coefficient (Wildman–Crippen LogP) is 2.72. The molecule has 0 fully saturated rings. The van der Waals surface area contributed by atoms with Gasteiger partial charge in [0.25, 0.3) is 0 Å². The van der Waals surface area contributed by atoms with Gasteiger partial charge in [-0.1, -0.05) is 18.2 Å². The number of anilines is 2. The zero-order valence-corrected chi connectivity index (χ0v) is 12.1. The first-order chi connectivity index (χ1) is 10.8. The minimum Gasteiger partial charge on any atom is -0.399 e. The molecular weight excluding hydrogens is 309 g/mol. The summed E-state index contributed by atoms with van der Waals surface area (Å²) in [5.41, 5.74) is 5.93. The van der Waals surface area contributed by atoms with Crippen LogP contribution in [0.5, 0.6) is 0 Å². The number of rotatable bonds is 5. The fourth-order valence-corrected chi connectivity index (χ4v) is 2.20. The number of hydrogen-bond donors (Lipinski definition) is 4. The summed E-state index contributed by atoms with van der Waals surface area (Å²) in [5.74, 6) is 0. The first-order valence-corrected chi connectivity index (χ1v) is 6.92. The maximum atomic E-state index is 13.2. The van der Waals surface area contributed by atoms with E-state index in [1.165, 1.54) is 24.3 Å². The summed E-state index contributed by atoms with van der Waals surface area (Å²) in [6, 6.07) is 9.74. The molecule has 0 spiro atoms. The Bertz CT molecular complexity index is 675. The van der Waals surface area contributed by atoms with Gasteiger partial charge in [-0.05, 0) is 29.8 Å². The molecule has 1 unspecified atom stereocenters. The highest BCUT2D eigenvalue weighted by atomic mass is 19.4. The van der Waals surface area contributed by atoms with E-state index < -0.39 is 24.5 Å². The van der Waals surface area contributed by atoms with Gasteiger partial charge >= 0.3 is 6.18 Å². The van der Waals surface area contributed by atoms with Crippen LogP contribution in [0.1, 0.15) is 5.56 Å². The highest BCUT2D eigenvalue weighted by Gasteiger charge is 2.33. The molecule has 5 N–H and O–H groups in total. The SMILES string of the molecule is Nc1ccc(NCC(O)CO)c(-c2ccccc2C(F)(F)F)c1. The van der Waals surface area contributed by atoms with Crippen molar-refractivity contribution in [1.29, 1.82) is 0 Å². The monoisotopic (exact) mass is 326 g/mol. The Hall–Kier alpha value is -2.25. The molecule has 23 heavy (non-hydrogen) atoms. The zero-order valence-electron chi connectivity index (χ0n) is 12.1. The van der Waals surface area contributed by atoms with E-state index in [4.69, 9.17) is 10.8 Å². The van der Waals surface area contributed by atoms with Crippen LogP contribution >= 0.6 is 0 Å². The second-order valence-electron chi connectivity index (χ2n) is 5.07. The lowest BCUT2D eigenvalue weighted by atomic mass is 9.97. The van der Waals surface area contributed by atoms with Gasteiger partial charge in [0.1, 0.15) is 0 Å². The summed E-state index contributed by atoms with van der Waals surface area (Å²) in [4.78, 5) is 0. The molecule has 0 aliphatic rings. The average molecular weight is 326 g/mol. The maximum absolute atomic E-state index is 13.2. The molecule has 0 aliphatic carbocycles. The standard InChI is InChI=1S/C16H17F3N2O2/c17-16(18,19)14-4-2-1-3-12(14)13-7-10(20)5-6-15(13)21-8-11(23)9-22/h1-7,11,21-23H,8-9,20H2. The minimum absolute atomic E-state index is 0.00159. The number of aliphatic hydroxyl groups is 2. The molecule has 0 bridgehead atoms. The maximum Gasteiger partial charge on any atom is 0.417 e. The van der Waals surface area contributed by atoms with Gasteiger partial charge in [-0.15, -0.1) is 0 Å². The van der Waals surface area contributed by atoms with Crippen molar-refractivity contribution in [3.63, 3.8) is 0 Å². The van der Waals surface area contributed by atoms with E-state index >= 15 is 0 Å². The summed E-state index contributed by atoms with van der Waals surface area (Å²) in [7, 11) is 0. The number of nitrogen functional groups attached to an aromatic ring is 1. The van der Waals surface area contributed by atoms with Gasteiger partial charge in [0.15, 0.2) is 0 Å². The first-order valence-electron chi connectivity index (χ1n) is 6.92. The van der Waals surface area contributed by atoms with Gasteiger partial charge in [-0.3, -0.25) is 0 Å². The Labute approximate surface area is 131 Å². The van der Waals surface area contributed by atoms with Crippen LogP contribution in [0.25, 0.3) is 11.1 Å². The van der Waals surface area contributed by atoms with Crippen molar-refractivity contribution in [2.45, 2.75) is 12.3 Å². The molecule has 2 aromatic rings. The molecule has 7 heteroatoms. The van der Waals surface area contributed by atoms with E-state index in [0.717, 1.165) is 6.07 Å². The molecule has 0 saturated heterocycles. The molecule has 1 atom stereocenters. The van der Waals surface area contributed by atoms with E-state index in [1.54, 1.807) is 12.1 Å². The second kappa shape index (κ2) is 6.89. The lowest BCUT2D eigenvalue weighted by Gasteiger charge is -2.18. The van der Waals surface area contributed by atoms with Crippen LogP contribution in [0.2, 0.25) is 0 Å². The topological polar surface area (TPSA) is 78.5 Å². The lowest BCUT2D eigenvalue weighted by molar-refractivity contribution is -0.137. The van der Waals surface area contributed by atoms with Crippen molar-refractivity contribution in [1.82, 2.24) is 0 Å². The molecule has 0 radical (unpaired) electrons. The molecule has 0 saturated carbocycles. The summed E-state index contributed by atoms with van der Waals surface area (Å²) < 4.78 is 39.6. The quantitative estimate of drug-likeness (QED) is 0.637. The number of nitrogens with one attached hydrogen (secondary N) is 1. The van der Waals surface area contributed by atoms with Gasteiger partial charge in [0, 0.05) is 23.5 Å². The van der Waals surface area contributed by atoms with Crippen LogP contribution in [0.4, 0.5) is 24.5 Å². The van der Waals surface area contributed by atoms with E-state index in [-0.39, 0.29) is 17.7 Å². The predicted molar refractivity (Wildman–Crippen MR) is 82.9 cm³/mol. The van der Waals surface area contributed by atoms with Gasteiger partial charge in [0.2, 0.25) is 0 Å². The summed E-state index contributed by atoms with van der Waals surface area (Å²) in [6.45, 7) is -0.446. The Morgan fingerprint density at radius 2 is 1.78 bits per heavy atom. The average Bonchev–Trinajstić information content (AvgIpc) is 2.52. The van der Waals surface area contributed by atoms with Gasteiger partial charge in [-0.2, -0.15) is 13.2 Å². The molecule has 2 aromatic carbocycles. The first kappa shape index (κ1) is 17.1. The van der Waals surface area contributed by atoms with Crippen LogP contribution in [0, 0.1) is 0 Å². The third kappa shape index (κ3) is 4.14. The van der Waals surface area contributed by atoms with Crippen LogP contribution in [-0.2, 0) is 6.18 Å². The Kier molecular flexibility index (Phi) is 5.12. The highest BCUT2D eigenvalue weighted by Crippen LogP contribution is 2.40. The Morgan fingerprint density at radius 1 is 1.09 bits per heavy atom. The normalized spacial score (nSPS) is 12.9. The van der Waals surface area contributed by atoms with Crippen LogP contribution in [0.3, 0.4) is 0 Å². The van der Waals surface area contributed by atoms with Gasteiger partial charge < -0.3 is 21.3 Å². The van der Waals surface area contributed by atoms with Crippen molar-refractivity contribution in [2.75, 3.05) is 24.2 Å². The highest BCUT2D eigenvalue weighted by molar-refractivity contribution is 5.82. The molecule has 0 amide bonds. The number of hydrogen-bond acceptors (Lipinski definition) is 4. The zero-order chi connectivity index (χ0) is 17.0. The number of halogens is 3. The number of benzene rings is 2. The third-order valence-electron chi connectivity index (χ3n) is 3.31.